The van der Waals surface area contributed by atoms with Gasteiger partial charge in [0.15, 0.2) is 0 Å². The predicted molar refractivity (Wildman–Crippen MR) is 56.2 cm³/mol. The van der Waals surface area contributed by atoms with Crippen molar-refractivity contribution in [3.05, 3.63) is 0 Å². The third-order valence-corrected chi connectivity index (χ3v) is 3.70. The van der Waals surface area contributed by atoms with Crippen LogP contribution in [0.25, 0.3) is 0 Å². The molecule has 3 rings (SSSR count). The minimum atomic E-state index is -4.00. The van der Waals surface area contributed by atoms with Gasteiger partial charge in [-0.15, -0.1) is 0 Å². The number of rotatable bonds is 4. The fourth-order valence-corrected chi connectivity index (χ4v) is 2.77. The first-order valence-corrected chi connectivity index (χ1v) is 6.07. The number of nitrogens with one attached hydrogen (secondary N) is 1. The molecule has 3 fully saturated rings. The molecular formula is C11H19F3N2. The van der Waals surface area contributed by atoms with Crippen molar-refractivity contribution in [2.45, 2.75) is 37.9 Å². The molecule has 1 atom stereocenters. The van der Waals surface area contributed by atoms with Crippen molar-refractivity contribution in [2.24, 2.45) is 5.92 Å². The molecular weight excluding hydrogens is 217 g/mol. The largest absolute Gasteiger partial charge is 0.389 e. The van der Waals surface area contributed by atoms with Gasteiger partial charge in [0.25, 0.3) is 0 Å². The van der Waals surface area contributed by atoms with E-state index < -0.39 is 12.6 Å². The zero-order valence-electron chi connectivity index (χ0n) is 9.39. The third-order valence-electron chi connectivity index (χ3n) is 3.70. The summed E-state index contributed by atoms with van der Waals surface area (Å²) in [7, 11) is 0. The minimum absolute atomic E-state index is 0.201. The van der Waals surface area contributed by atoms with Crippen LogP contribution in [0.15, 0.2) is 0 Å². The Morgan fingerprint density at radius 3 is 2.38 bits per heavy atom. The number of hydrogen-bond acceptors (Lipinski definition) is 2. The Bertz CT molecular complexity index is 222. The highest BCUT2D eigenvalue weighted by atomic mass is 19.4. The van der Waals surface area contributed by atoms with Crippen LogP contribution in [0.1, 0.15) is 25.7 Å². The lowest BCUT2D eigenvalue weighted by molar-refractivity contribution is -0.135. The van der Waals surface area contributed by atoms with Crippen molar-refractivity contribution in [3.63, 3.8) is 0 Å². The van der Waals surface area contributed by atoms with E-state index in [0.717, 1.165) is 6.54 Å². The molecule has 2 bridgehead atoms. The summed E-state index contributed by atoms with van der Waals surface area (Å²) in [5, 5.41) is 3.28. The van der Waals surface area contributed by atoms with Crippen molar-refractivity contribution in [1.29, 1.82) is 0 Å². The van der Waals surface area contributed by atoms with Crippen molar-refractivity contribution < 1.29 is 13.2 Å². The van der Waals surface area contributed by atoms with Crippen LogP contribution in [0.5, 0.6) is 0 Å². The van der Waals surface area contributed by atoms with Crippen LogP contribution in [0.3, 0.4) is 0 Å². The maximum Gasteiger partial charge on any atom is 0.389 e. The Morgan fingerprint density at radius 2 is 1.88 bits per heavy atom. The molecule has 0 radical (unpaired) electrons. The minimum Gasteiger partial charge on any atom is -0.312 e. The number of piperidine rings is 3. The van der Waals surface area contributed by atoms with Crippen LogP contribution in [-0.4, -0.2) is 43.3 Å². The van der Waals surface area contributed by atoms with Crippen molar-refractivity contribution in [2.75, 3.05) is 26.2 Å². The second kappa shape index (κ2) is 4.92. The molecule has 0 amide bonds. The SMILES string of the molecule is FC(F)(F)CCCNC1CN2CCC1CC2. The molecule has 3 heterocycles. The second-order valence-electron chi connectivity index (χ2n) is 4.92. The van der Waals surface area contributed by atoms with E-state index >= 15 is 0 Å². The molecule has 1 N–H and O–H groups in total. The Morgan fingerprint density at radius 1 is 1.19 bits per heavy atom. The van der Waals surface area contributed by atoms with E-state index in [-0.39, 0.29) is 6.42 Å². The van der Waals surface area contributed by atoms with Crippen molar-refractivity contribution >= 4 is 0 Å². The van der Waals surface area contributed by atoms with Gasteiger partial charge in [0.2, 0.25) is 0 Å². The molecule has 3 saturated heterocycles. The molecule has 1 unspecified atom stereocenters. The topological polar surface area (TPSA) is 15.3 Å². The van der Waals surface area contributed by atoms with Crippen LogP contribution in [0.4, 0.5) is 13.2 Å². The summed E-state index contributed by atoms with van der Waals surface area (Å²) >= 11 is 0. The van der Waals surface area contributed by atoms with E-state index in [1.54, 1.807) is 0 Å². The first-order valence-electron chi connectivity index (χ1n) is 6.07. The van der Waals surface area contributed by atoms with Crippen molar-refractivity contribution in [3.8, 4) is 0 Å². The van der Waals surface area contributed by atoms with Crippen LogP contribution >= 0.6 is 0 Å². The number of halogens is 3. The highest BCUT2D eigenvalue weighted by Crippen LogP contribution is 2.27. The summed E-state index contributed by atoms with van der Waals surface area (Å²) in [5.74, 6) is 0.691. The van der Waals surface area contributed by atoms with Crippen LogP contribution < -0.4 is 5.32 Å². The molecule has 0 aromatic rings. The third kappa shape index (κ3) is 3.35. The second-order valence-corrected chi connectivity index (χ2v) is 4.92. The first kappa shape index (κ1) is 12.2. The highest BCUT2D eigenvalue weighted by molar-refractivity contribution is 4.90. The Kier molecular flexibility index (Phi) is 3.74. The van der Waals surface area contributed by atoms with E-state index in [9.17, 15) is 13.2 Å². The molecule has 0 spiro atoms. The van der Waals surface area contributed by atoms with Crippen molar-refractivity contribution in [1.82, 2.24) is 10.2 Å². The van der Waals surface area contributed by atoms with E-state index in [1.807, 2.05) is 0 Å². The Hall–Kier alpha value is -0.290. The van der Waals surface area contributed by atoms with Gasteiger partial charge in [-0.2, -0.15) is 13.2 Å². The molecule has 5 heteroatoms. The van der Waals surface area contributed by atoms with Gasteiger partial charge in [-0.1, -0.05) is 0 Å². The molecule has 94 valence electrons. The lowest BCUT2D eigenvalue weighted by Crippen LogP contribution is -2.56. The predicted octanol–water partition coefficient (Wildman–Crippen LogP) is 2.01. The molecule has 2 nitrogen and oxygen atoms in total. The fourth-order valence-electron chi connectivity index (χ4n) is 2.77. The number of hydrogen-bond donors (Lipinski definition) is 1. The molecule has 16 heavy (non-hydrogen) atoms. The summed E-state index contributed by atoms with van der Waals surface area (Å²) in [6.07, 6.45) is -2.06. The molecule has 3 aliphatic heterocycles. The van der Waals surface area contributed by atoms with Gasteiger partial charge in [0.05, 0.1) is 0 Å². The normalized spacial score (nSPS) is 34.3. The van der Waals surface area contributed by atoms with Crippen LogP contribution in [0, 0.1) is 5.92 Å². The number of alkyl halides is 3. The summed E-state index contributed by atoms with van der Waals surface area (Å²) in [5.41, 5.74) is 0. The van der Waals surface area contributed by atoms with E-state index in [1.165, 1.54) is 25.9 Å². The number of fused-ring (bicyclic) bond motifs is 3. The zero-order chi connectivity index (χ0) is 11.6. The number of nitrogens with zero attached hydrogens (tertiary/aromatic N) is 1. The monoisotopic (exact) mass is 236 g/mol. The lowest BCUT2D eigenvalue weighted by Gasteiger charge is -2.45. The van der Waals surface area contributed by atoms with Gasteiger partial charge in [-0.3, -0.25) is 0 Å². The standard InChI is InChI=1S/C11H19F3N2/c12-11(13,14)4-1-5-15-10-8-16-6-2-9(10)3-7-16/h9-10,15H,1-8H2. The summed E-state index contributed by atoms with van der Waals surface area (Å²) < 4.78 is 35.8. The van der Waals surface area contributed by atoms with E-state index in [2.05, 4.69) is 10.2 Å². The van der Waals surface area contributed by atoms with Gasteiger partial charge in [0.1, 0.15) is 0 Å². The molecule has 0 aromatic heterocycles. The first-order chi connectivity index (χ1) is 7.54. The average molecular weight is 236 g/mol. The Labute approximate surface area is 94.2 Å². The smallest absolute Gasteiger partial charge is 0.312 e. The van der Waals surface area contributed by atoms with Gasteiger partial charge in [-0.25, -0.2) is 0 Å². The van der Waals surface area contributed by atoms with Gasteiger partial charge < -0.3 is 10.2 Å². The molecule has 0 aromatic carbocycles. The molecule has 0 aliphatic carbocycles. The Balaban J connectivity index is 1.63. The fraction of sp³-hybridized carbons (Fsp3) is 1.00. The van der Waals surface area contributed by atoms with Gasteiger partial charge in [0, 0.05) is 19.0 Å². The maximum absolute atomic E-state index is 11.9. The van der Waals surface area contributed by atoms with E-state index in [4.69, 9.17) is 0 Å². The van der Waals surface area contributed by atoms with Gasteiger partial charge in [-0.05, 0) is 44.8 Å². The van der Waals surface area contributed by atoms with Crippen LogP contribution in [0.2, 0.25) is 0 Å². The quantitative estimate of drug-likeness (QED) is 0.751. The highest BCUT2D eigenvalue weighted by Gasteiger charge is 2.33. The van der Waals surface area contributed by atoms with E-state index in [0.29, 0.717) is 18.5 Å². The molecule has 3 aliphatic rings. The maximum atomic E-state index is 11.9. The van der Waals surface area contributed by atoms with Gasteiger partial charge >= 0.3 is 6.18 Å². The lowest BCUT2D eigenvalue weighted by atomic mass is 9.84. The summed E-state index contributed by atoms with van der Waals surface area (Å²) in [6, 6.07) is 0.427. The summed E-state index contributed by atoms with van der Waals surface area (Å²) in [4.78, 5) is 2.40. The van der Waals surface area contributed by atoms with Crippen LogP contribution in [-0.2, 0) is 0 Å². The molecule has 0 saturated carbocycles. The summed E-state index contributed by atoms with van der Waals surface area (Å²) in [6.45, 7) is 3.86. The average Bonchev–Trinajstić information content (AvgIpc) is 2.25. The zero-order valence-corrected chi connectivity index (χ0v) is 9.39.